The lowest BCUT2D eigenvalue weighted by molar-refractivity contribution is -0.384. The third-order valence-electron chi connectivity index (χ3n) is 16.8. The second-order valence-corrected chi connectivity index (χ2v) is 24.5. The summed E-state index contributed by atoms with van der Waals surface area (Å²) in [6.45, 7) is 12.1. The lowest BCUT2D eigenvalue weighted by Gasteiger charge is -2.58. The van der Waals surface area contributed by atoms with Gasteiger partial charge < -0.3 is 29.8 Å². The van der Waals surface area contributed by atoms with Crippen LogP contribution in [0.25, 0.3) is 11.0 Å². The number of hydrogen-bond acceptors (Lipinski definition) is 14. The number of carbonyl (C=O) groups is 1. The van der Waals surface area contributed by atoms with Gasteiger partial charge in [0.2, 0.25) is 5.82 Å². The van der Waals surface area contributed by atoms with Gasteiger partial charge in [-0.1, -0.05) is 62.4 Å². The van der Waals surface area contributed by atoms with E-state index in [0.717, 1.165) is 76.3 Å². The number of methoxy groups -OCH3 is 1. The van der Waals surface area contributed by atoms with Gasteiger partial charge in [-0.15, -0.1) is 0 Å². The highest BCUT2D eigenvalue weighted by atomic mass is 32.2. The number of H-pyrrole nitrogens is 1. The topological polar surface area (TPSA) is 208 Å². The highest BCUT2D eigenvalue weighted by Crippen LogP contribution is 2.54. The fourth-order valence-electron chi connectivity index (χ4n) is 12.2. The maximum atomic E-state index is 14.9. The fraction of sp³-hybridized carbons (Fsp3) is 0.466. The number of nitrogens with one attached hydrogen (secondary N) is 3. The third kappa shape index (κ3) is 12.0. The number of nitrogens with zero attached hydrogens (tertiary/aromatic N) is 6. The van der Waals surface area contributed by atoms with Crippen LogP contribution < -0.4 is 24.4 Å². The van der Waals surface area contributed by atoms with Crippen LogP contribution in [-0.2, 0) is 22.5 Å². The molecule has 0 radical (unpaired) electrons. The molecule has 4 N–H and O–H groups in total. The Morgan fingerprint density at radius 3 is 2.39 bits per heavy atom. The molecule has 0 bridgehead atoms. The molecule has 79 heavy (non-hydrogen) atoms. The Balaban J connectivity index is 0.852. The first-order chi connectivity index (χ1) is 37.6. The van der Waals surface area contributed by atoms with Crippen LogP contribution in [0.2, 0.25) is 0 Å². The number of piperazine rings is 1. The number of aromatic nitrogens is 3. The van der Waals surface area contributed by atoms with Gasteiger partial charge in [0.05, 0.1) is 34.8 Å². The quantitative estimate of drug-likeness (QED) is 0.0495. The first-order valence-corrected chi connectivity index (χ1v) is 28.6. The van der Waals surface area contributed by atoms with Gasteiger partial charge in [-0.05, 0) is 104 Å². The Hall–Kier alpha value is -6.81. The Bertz CT molecular complexity index is 3330. The summed E-state index contributed by atoms with van der Waals surface area (Å²) in [5, 5.41) is 25.7. The molecule has 3 aromatic carbocycles. The molecule has 1 atom stereocenters. The third-order valence-corrected chi connectivity index (χ3v) is 18.1. The van der Waals surface area contributed by atoms with Crippen molar-refractivity contribution < 1.29 is 45.9 Å². The summed E-state index contributed by atoms with van der Waals surface area (Å²) in [7, 11) is -3.41. The summed E-state index contributed by atoms with van der Waals surface area (Å²) in [6.07, 6.45) is 8.51. The number of hydrogen-bond donors (Lipinski definition) is 4. The van der Waals surface area contributed by atoms with Crippen molar-refractivity contribution in [1.29, 1.82) is 0 Å². The van der Waals surface area contributed by atoms with Crippen LogP contribution in [0.5, 0.6) is 17.4 Å². The number of carbonyl (C=O) groups excluding carboxylic acids is 1. The van der Waals surface area contributed by atoms with E-state index in [1.165, 1.54) is 42.5 Å². The van der Waals surface area contributed by atoms with Crippen molar-refractivity contribution in [2.45, 2.75) is 120 Å². The maximum Gasteiger partial charge on any atom is 0.312 e. The number of halogens is 3. The van der Waals surface area contributed by atoms with Crippen molar-refractivity contribution in [3.05, 3.63) is 135 Å². The summed E-state index contributed by atoms with van der Waals surface area (Å²) in [5.41, 5.74) is 3.09. The molecule has 21 heteroatoms. The first-order valence-electron chi connectivity index (χ1n) is 27.1. The maximum absolute atomic E-state index is 14.9. The van der Waals surface area contributed by atoms with Gasteiger partial charge in [0, 0.05) is 100 Å². The highest BCUT2D eigenvalue weighted by molar-refractivity contribution is 7.90. The second-order valence-electron chi connectivity index (χ2n) is 22.8. The average molecular weight is 1110 g/mol. The van der Waals surface area contributed by atoms with Crippen LogP contribution in [-0.4, -0.2) is 107 Å². The van der Waals surface area contributed by atoms with E-state index in [-0.39, 0.29) is 62.7 Å². The number of anilines is 2. The molecule has 4 fully saturated rings. The van der Waals surface area contributed by atoms with E-state index in [9.17, 15) is 41.6 Å². The monoisotopic (exact) mass is 1110 g/mol. The number of aliphatic hydroxyl groups is 1. The van der Waals surface area contributed by atoms with Gasteiger partial charge >= 0.3 is 5.69 Å². The number of rotatable bonds is 17. The number of aromatic amines is 1. The van der Waals surface area contributed by atoms with E-state index in [0.29, 0.717) is 69.5 Å². The normalized spacial score (nSPS) is 21.3. The smallest absolute Gasteiger partial charge is 0.312 e. The van der Waals surface area contributed by atoms with Crippen LogP contribution in [0.4, 0.5) is 30.4 Å². The van der Waals surface area contributed by atoms with Crippen LogP contribution in [0.15, 0.2) is 96.2 Å². The molecule has 2 aliphatic carbocycles. The molecule has 3 aromatic heterocycles. The lowest BCUT2D eigenvalue weighted by Crippen LogP contribution is -2.60. The van der Waals surface area contributed by atoms with Crippen molar-refractivity contribution in [1.82, 2.24) is 29.5 Å². The Morgan fingerprint density at radius 1 is 0.987 bits per heavy atom. The zero-order chi connectivity index (χ0) is 56.0. The SMILES string of the molecule is COc1nc2[nH]cc(F)c2cc1Oc1cc(N2CCC3(CC2)CC(N2CCN(Cc4ccc(C(C)(F)F)cc4)C[C@H]2c2ccccc2C(C)C)C3)ccc1C(=O)NS(=O)(=O)c1cnc(NCC2CCC(C)(O)CC2)c([N+](=O)[O-])c1. The van der Waals surface area contributed by atoms with Crippen LogP contribution in [0, 0.1) is 27.3 Å². The summed E-state index contributed by atoms with van der Waals surface area (Å²) in [4.78, 5) is 43.6. The van der Waals surface area contributed by atoms with E-state index < -0.39 is 48.8 Å². The molecule has 5 heterocycles. The number of pyridine rings is 2. The molecular weight excluding hydrogens is 1040 g/mol. The Morgan fingerprint density at radius 2 is 1.71 bits per heavy atom. The molecule has 17 nitrogen and oxygen atoms in total. The fourth-order valence-corrected chi connectivity index (χ4v) is 13.1. The zero-order valence-corrected chi connectivity index (χ0v) is 45.9. The molecule has 2 saturated carbocycles. The summed E-state index contributed by atoms with van der Waals surface area (Å²) < 4.78 is 84.7. The molecule has 6 aromatic rings. The molecule has 1 spiro atoms. The van der Waals surface area contributed by atoms with E-state index in [1.807, 2.05) is 16.9 Å². The average Bonchev–Trinajstić information content (AvgIpc) is 3.92. The Labute approximate surface area is 458 Å². The van der Waals surface area contributed by atoms with Gasteiger partial charge in [0.25, 0.3) is 27.7 Å². The molecule has 1 amide bonds. The highest BCUT2D eigenvalue weighted by Gasteiger charge is 2.50. The van der Waals surface area contributed by atoms with Gasteiger partial charge in [-0.25, -0.2) is 31.3 Å². The largest absolute Gasteiger partial charge is 0.478 e. The van der Waals surface area contributed by atoms with Crippen LogP contribution in [0.1, 0.15) is 124 Å². The minimum atomic E-state index is -4.76. The number of ether oxygens (including phenoxy) is 2. The lowest BCUT2D eigenvalue weighted by atomic mass is 9.59. The number of piperidine rings is 1. The number of sulfonamides is 1. The summed E-state index contributed by atoms with van der Waals surface area (Å²) in [6, 6.07) is 22.9. The standard InChI is InChI=1S/C58H68F3N9O8S/c1-36(2)43-8-6-7-9-44(43)49-35-67(34-38-10-12-39(13-11-38)57(4,60)61)24-25-69(49)41-29-58(30-41)20-22-68(23-21-58)40-14-15-45(50(26-40)78-51-28-46-47(59)33-64-52(46)65-55(51)77-5)54(71)66-79(75,76)42-27-48(70(73)74)53(63-32-42)62-31-37-16-18-56(3,72)19-17-37/h6-15,26-28,32-33,36-37,41,49,72H,16-25,29-31,34-35H2,1-5H3,(H,62,63)(H,64,65)(H,66,71)/t37?,49-,56?/m0/s1. The number of nitro groups is 1. The first kappa shape index (κ1) is 55.5. The minimum Gasteiger partial charge on any atom is -0.478 e. The van der Waals surface area contributed by atoms with Gasteiger partial charge in [0.1, 0.15) is 22.1 Å². The van der Waals surface area contributed by atoms with E-state index in [2.05, 4.69) is 73.1 Å². The molecule has 0 unspecified atom stereocenters. The van der Waals surface area contributed by atoms with Crippen molar-refractivity contribution in [2.24, 2.45) is 11.3 Å². The number of alkyl halides is 2. The van der Waals surface area contributed by atoms with Crippen LogP contribution >= 0.6 is 0 Å². The van der Waals surface area contributed by atoms with E-state index >= 15 is 0 Å². The summed E-state index contributed by atoms with van der Waals surface area (Å²) >= 11 is 0. The summed E-state index contributed by atoms with van der Waals surface area (Å²) in [5.74, 6) is -4.45. The number of amides is 1. The molecular formula is C58H68F3N9O8S. The van der Waals surface area contributed by atoms with Gasteiger partial charge in [-0.2, -0.15) is 4.98 Å². The molecule has 420 valence electrons. The minimum absolute atomic E-state index is 0.00762. The predicted octanol–water partition coefficient (Wildman–Crippen LogP) is 10.8. The molecule has 2 saturated heterocycles. The molecule has 2 aliphatic heterocycles. The van der Waals surface area contributed by atoms with Gasteiger partial charge in [0.15, 0.2) is 5.75 Å². The van der Waals surface area contributed by atoms with Crippen LogP contribution in [0.3, 0.4) is 0 Å². The van der Waals surface area contributed by atoms with Gasteiger partial charge in [-0.3, -0.25) is 24.7 Å². The van der Waals surface area contributed by atoms with Crippen molar-refractivity contribution in [3.63, 3.8) is 0 Å². The second kappa shape index (κ2) is 22.0. The number of fused-ring (bicyclic) bond motifs is 1. The van der Waals surface area contributed by atoms with Crippen molar-refractivity contribution >= 4 is 44.2 Å². The van der Waals surface area contributed by atoms with E-state index in [1.54, 1.807) is 19.1 Å². The predicted molar refractivity (Wildman–Crippen MR) is 294 cm³/mol. The van der Waals surface area contributed by atoms with Crippen molar-refractivity contribution in [2.75, 3.05) is 56.6 Å². The zero-order valence-electron chi connectivity index (χ0n) is 45.1. The molecule has 4 aliphatic rings. The van der Waals surface area contributed by atoms with E-state index in [4.69, 9.17) is 9.47 Å². The molecule has 10 rings (SSSR count). The van der Waals surface area contributed by atoms with Crippen molar-refractivity contribution in [3.8, 4) is 17.4 Å². The Kier molecular flexibility index (Phi) is 15.5. The number of benzene rings is 3.